The Balaban J connectivity index is 2.00. The maximum atomic E-state index is 11.8. The Morgan fingerprint density at radius 2 is 2.64 bits per heavy atom. The molecule has 5 nitrogen and oxygen atoms in total. The number of hydrogen-bond donors (Lipinski definition) is 2. The molecule has 14 heavy (non-hydrogen) atoms. The van der Waals surface area contributed by atoms with Crippen LogP contribution in [-0.2, 0) is 0 Å². The van der Waals surface area contributed by atoms with Gasteiger partial charge in [-0.15, -0.1) is 0 Å². The fraction of sp³-hybridized carbons (Fsp3) is 0.556. The molecule has 1 unspecified atom stereocenters. The maximum Gasteiger partial charge on any atom is 0.257 e. The molecule has 1 saturated heterocycles. The van der Waals surface area contributed by atoms with Crippen molar-refractivity contribution in [2.45, 2.75) is 6.42 Å². The first-order chi connectivity index (χ1) is 6.81. The molecule has 5 heteroatoms. The highest BCUT2D eigenvalue weighted by atomic mass is 16.2. The molecule has 1 aliphatic rings. The van der Waals surface area contributed by atoms with Gasteiger partial charge in [0.15, 0.2) is 0 Å². The molecule has 3 N–H and O–H groups in total. The summed E-state index contributed by atoms with van der Waals surface area (Å²) in [6, 6.07) is 0. The van der Waals surface area contributed by atoms with Crippen LogP contribution in [0.5, 0.6) is 0 Å². The van der Waals surface area contributed by atoms with E-state index in [0.717, 1.165) is 19.5 Å². The van der Waals surface area contributed by atoms with E-state index in [1.165, 1.54) is 0 Å². The predicted octanol–water partition coefficient (Wildman–Crippen LogP) is -0.169. The van der Waals surface area contributed by atoms with Crippen LogP contribution in [0, 0.1) is 5.92 Å². The summed E-state index contributed by atoms with van der Waals surface area (Å²) >= 11 is 0. The van der Waals surface area contributed by atoms with Crippen LogP contribution in [0.2, 0.25) is 0 Å². The van der Waals surface area contributed by atoms with Gasteiger partial charge in [-0.3, -0.25) is 9.89 Å². The van der Waals surface area contributed by atoms with E-state index in [0.29, 0.717) is 18.0 Å². The number of carbonyl (C=O) groups excluding carboxylic acids is 1. The van der Waals surface area contributed by atoms with Crippen LogP contribution in [0.4, 0.5) is 0 Å². The number of likely N-dealkylation sites (tertiary alicyclic amines) is 1. The number of aromatic nitrogens is 2. The van der Waals surface area contributed by atoms with E-state index in [1.54, 1.807) is 12.4 Å². The van der Waals surface area contributed by atoms with Gasteiger partial charge in [0.25, 0.3) is 5.91 Å². The van der Waals surface area contributed by atoms with Gasteiger partial charge in [-0.1, -0.05) is 0 Å². The van der Waals surface area contributed by atoms with Gasteiger partial charge in [-0.2, -0.15) is 5.10 Å². The Hall–Kier alpha value is -1.36. The lowest BCUT2D eigenvalue weighted by molar-refractivity contribution is 0.0788. The second-order valence-corrected chi connectivity index (χ2v) is 3.63. The number of nitrogens with two attached hydrogens (primary N) is 1. The standard InChI is InChI=1S/C9H14N4O/c10-3-7-1-2-13(6-7)9(14)8-4-11-12-5-8/h4-5,7H,1-3,6,10H2,(H,11,12). The molecular formula is C9H14N4O. The van der Waals surface area contributed by atoms with Gasteiger partial charge in [0.05, 0.1) is 11.8 Å². The first-order valence-corrected chi connectivity index (χ1v) is 4.79. The van der Waals surface area contributed by atoms with Gasteiger partial charge in [0, 0.05) is 19.3 Å². The van der Waals surface area contributed by atoms with E-state index >= 15 is 0 Å². The van der Waals surface area contributed by atoms with E-state index in [1.807, 2.05) is 4.90 Å². The number of rotatable bonds is 2. The van der Waals surface area contributed by atoms with E-state index < -0.39 is 0 Å². The first kappa shape index (κ1) is 9.21. The zero-order chi connectivity index (χ0) is 9.97. The molecule has 76 valence electrons. The quantitative estimate of drug-likeness (QED) is 0.686. The topological polar surface area (TPSA) is 75.0 Å². The highest BCUT2D eigenvalue weighted by Crippen LogP contribution is 2.16. The van der Waals surface area contributed by atoms with Gasteiger partial charge in [0.2, 0.25) is 0 Å². The summed E-state index contributed by atoms with van der Waals surface area (Å²) in [5.41, 5.74) is 6.19. The molecule has 1 aliphatic heterocycles. The number of nitrogens with one attached hydrogen (secondary N) is 1. The predicted molar refractivity (Wildman–Crippen MR) is 51.7 cm³/mol. The minimum absolute atomic E-state index is 0.0506. The Bertz CT molecular complexity index is 309. The van der Waals surface area contributed by atoms with Crippen molar-refractivity contribution in [2.75, 3.05) is 19.6 Å². The molecule has 1 atom stereocenters. The summed E-state index contributed by atoms with van der Waals surface area (Å²) in [6.07, 6.45) is 4.19. The van der Waals surface area contributed by atoms with Crippen molar-refractivity contribution in [3.05, 3.63) is 18.0 Å². The normalized spacial score (nSPS) is 21.5. The average molecular weight is 194 g/mol. The third-order valence-corrected chi connectivity index (χ3v) is 2.65. The number of carbonyl (C=O) groups is 1. The van der Waals surface area contributed by atoms with Crippen LogP contribution >= 0.6 is 0 Å². The second kappa shape index (κ2) is 3.79. The van der Waals surface area contributed by atoms with Crippen LogP contribution in [0.15, 0.2) is 12.4 Å². The SMILES string of the molecule is NCC1CCN(C(=O)c2cn[nH]c2)C1. The summed E-state index contributed by atoms with van der Waals surface area (Å²) in [6.45, 7) is 2.25. The molecule has 0 aromatic carbocycles. The van der Waals surface area contributed by atoms with Crippen molar-refractivity contribution in [3.63, 3.8) is 0 Å². The Kier molecular flexibility index (Phi) is 2.49. The van der Waals surface area contributed by atoms with E-state index in [-0.39, 0.29) is 5.91 Å². The van der Waals surface area contributed by atoms with E-state index in [4.69, 9.17) is 5.73 Å². The number of aromatic amines is 1. The van der Waals surface area contributed by atoms with Gasteiger partial charge in [0.1, 0.15) is 0 Å². The summed E-state index contributed by atoms with van der Waals surface area (Å²) in [4.78, 5) is 13.6. The van der Waals surface area contributed by atoms with Crippen LogP contribution < -0.4 is 5.73 Å². The zero-order valence-corrected chi connectivity index (χ0v) is 7.94. The fourth-order valence-electron chi connectivity index (χ4n) is 1.76. The van der Waals surface area contributed by atoms with Crippen molar-refractivity contribution >= 4 is 5.91 Å². The lowest BCUT2D eigenvalue weighted by Gasteiger charge is -2.14. The number of hydrogen-bond acceptors (Lipinski definition) is 3. The minimum atomic E-state index is 0.0506. The van der Waals surface area contributed by atoms with E-state index in [9.17, 15) is 4.79 Å². The Morgan fingerprint density at radius 1 is 1.79 bits per heavy atom. The first-order valence-electron chi connectivity index (χ1n) is 4.79. The van der Waals surface area contributed by atoms with Crippen LogP contribution in [0.25, 0.3) is 0 Å². The van der Waals surface area contributed by atoms with Gasteiger partial charge in [-0.05, 0) is 18.9 Å². The van der Waals surface area contributed by atoms with E-state index in [2.05, 4.69) is 10.2 Å². The lowest BCUT2D eigenvalue weighted by atomic mass is 10.1. The highest BCUT2D eigenvalue weighted by molar-refractivity contribution is 5.93. The van der Waals surface area contributed by atoms with Gasteiger partial charge in [-0.25, -0.2) is 0 Å². The summed E-state index contributed by atoms with van der Waals surface area (Å²) in [5, 5.41) is 6.39. The molecule has 0 bridgehead atoms. The molecule has 0 radical (unpaired) electrons. The Morgan fingerprint density at radius 3 is 3.21 bits per heavy atom. The number of H-pyrrole nitrogens is 1. The van der Waals surface area contributed by atoms with Crippen LogP contribution in [-0.4, -0.2) is 40.6 Å². The van der Waals surface area contributed by atoms with Crippen LogP contribution in [0.1, 0.15) is 16.8 Å². The fourth-order valence-corrected chi connectivity index (χ4v) is 1.76. The number of amides is 1. The zero-order valence-electron chi connectivity index (χ0n) is 7.94. The highest BCUT2D eigenvalue weighted by Gasteiger charge is 2.26. The summed E-state index contributed by atoms with van der Waals surface area (Å²) in [7, 11) is 0. The van der Waals surface area contributed by atoms with Crippen molar-refractivity contribution < 1.29 is 4.79 Å². The van der Waals surface area contributed by atoms with Gasteiger partial charge >= 0.3 is 0 Å². The molecule has 2 rings (SSSR count). The largest absolute Gasteiger partial charge is 0.338 e. The van der Waals surface area contributed by atoms with Crippen molar-refractivity contribution in [1.82, 2.24) is 15.1 Å². The van der Waals surface area contributed by atoms with Crippen molar-refractivity contribution in [1.29, 1.82) is 0 Å². The monoisotopic (exact) mass is 194 g/mol. The second-order valence-electron chi connectivity index (χ2n) is 3.63. The smallest absolute Gasteiger partial charge is 0.257 e. The molecule has 0 aliphatic carbocycles. The molecule has 0 saturated carbocycles. The molecule has 1 aromatic rings. The third-order valence-electron chi connectivity index (χ3n) is 2.65. The molecule has 1 aromatic heterocycles. The molecule has 1 fully saturated rings. The summed E-state index contributed by atoms with van der Waals surface area (Å²) in [5.74, 6) is 0.514. The maximum absolute atomic E-state index is 11.8. The minimum Gasteiger partial charge on any atom is -0.338 e. The molecule has 1 amide bonds. The molecule has 0 spiro atoms. The molecular weight excluding hydrogens is 180 g/mol. The van der Waals surface area contributed by atoms with Crippen LogP contribution in [0.3, 0.4) is 0 Å². The Labute approximate surface area is 82.3 Å². The lowest BCUT2D eigenvalue weighted by Crippen LogP contribution is -2.29. The van der Waals surface area contributed by atoms with Crippen molar-refractivity contribution in [3.8, 4) is 0 Å². The third kappa shape index (κ3) is 1.63. The number of nitrogens with zero attached hydrogens (tertiary/aromatic N) is 2. The van der Waals surface area contributed by atoms with Gasteiger partial charge < -0.3 is 10.6 Å². The average Bonchev–Trinajstić information content (AvgIpc) is 2.88. The molecule has 2 heterocycles. The summed E-state index contributed by atoms with van der Waals surface area (Å²) < 4.78 is 0. The van der Waals surface area contributed by atoms with Crippen molar-refractivity contribution in [2.24, 2.45) is 11.7 Å².